The van der Waals surface area contributed by atoms with Crippen molar-refractivity contribution < 1.29 is 9.53 Å². The van der Waals surface area contributed by atoms with Crippen LogP contribution in [0.3, 0.4) is 0 Å². The van der Waals surface area contributed by atoms with Crippen molar-refractivity contribution in [1.82, 2.24) is 9.55 Å². The number of Topliss-reactive ketones (excluding diaryl/α,β-unsaturated/α-hetero) is 1. The van der Waals surface area contributed by atoms with E-state index in [0.717, 1.165) is 52.0 Å². The zero-order valence-corrected chi connectivity index (χ0v) is 18.4. The van der Waals surface area contributed by atoms with Crippen LogP contribution < -0.4 is 10.3 Å². The lowest BCUT2D eigenvalue weighted by atomic mass is 9.80. The first-order chi connectivity index (χ1) is 15.0. The highest BCUT2D eigenvalue weighted by molar-refractivity contribution is 7.18. The number of fused-ring (bicyclic) bond motifs is 2. The van der Waals surface area contributed by atoms with Crippen LogP contribution >= 0.6 is 11.3 Å². The molecule has 5 rings (SSSR count). The number of rotatable bonds is 4. The molecule has 6 heteroatoms. The molecule has 158 valence electrons. The smallest absolute Gasteiger partial charge is 0.263 e. The number of thiazole rings is 1. The summed E-state index contributed by atoms with van der Waals surface area (Å²) in [4.78, 5) is 29.7. The van der Waals surface area contributed by atoms with Gasteiger partial charge >= 0.3 is 0 Å². The van der Waals surface area contributed by atoms with Crippen LogP contribution in [0.1, 0.15) is 43.5 Å². The largest absolute Gasteiger partial charge is 0.494 e. The number of pyridine rings is 1. The molecular weight excluding hydrogens is 408 g/mol. The summed E-state index contributed by atoms with van der Waals surface area (Å²) in [6.07, 6.45) is 5.68. The van der Waals surface area contributed by atoms with E-state index in [9.17, 15) is 9.59 Å². The van der Waals surface area contributed by atoms with E-state index in [0.29, 0.717) is 22.8 Å². The van der Waals surface area contributed by atoms with Crippen LogP contribution in [0.2, 0.25) is 0 Å². The molecule has 4 aromatic rings. The summed E-state index contributed by atoms with van der Waals surface area (Å²) >= 11 is 1.68. The van der Waals surface area contributed by atoms with Crippen LogP contribution in [0, 0.1) is 5.92 Å². The Labute approximate surface area is 184 Å². The normalized spacial score (nSPS) is 19.0. The molecule has 0 spiro atoms. The molecule has 0 aliphatic heterocycles. The molecule has 0 bridgehead atoms. The Bertz CT molecular complexity index is 1350. The van der Waals surface area contributed by atoms with Gasteiger partial charge in [-0.3, -0.25) is 14.2 Å². The topological polar surface area (TPSA) is 61.2 Å². The first kappa shape index (κ1) is 19.9. The Morgan fingerprint density at radius 1 is 1.13 bits per heavy atom. The van der Waals surface area contributed by atoms with Crippen LogP contribution in [-0.4, -0.2) is 22.4 Å². The zero-order chi connectivity index (χ0) is 21.5. The molecule has 5 nitrogen and oxygen atoms in total. The number of carbonyl (C=O) groups excluding carboxylic acids is 1. The van der Waals surface area contributed by atoms with Gasteiger partial charge < -0.3 is 4.74 Å². The molecule has 31 heavy (non-hydrogen) atoms. The summed E-state index contributed by atoms with van der Waals surface area (Å²) < 4.78 is 8.33. The fourth-order valence-corrected chi connectivity index (χ4v) is 5.77. The third-order valence-electron chi connectivity index (χ3n) is 6.43. The third-order valence-corrected chi connectivity index (χ3v) is 7.61. The van der Waals surface area contributed by atoms with Crippen molar-refractivity contribution in [3.8, 4) is 11.4 Å². The highest BCUT2D eigenvalue weighted by Gasteiger charge is 2.27. The van der Waals surface area contributed by atoms with E-state index in [-0.39, 0.29) is 11.5 Å². The average Bonchev–Trinajstić information content (AvgIpc) is 3.22. The SMILES string of the molecule is COc1cc2nc([C@H]3CC[C@H](C(C)=O)CC3)sc2cc1-n1ccc2ccccc2c1=O. The van der Waals surface area contributed by atoms with Crippen LogP contribution in [0.25, 0.3) is 26.7 Å². The minimum atomic E-state index is -0.0666. The number of hydrogen-bond donors (Lipinski definition) is 0. The molecule has 1 aliphatic rings. The Morgan fingerprint density at radius 2 is 1.90 bits per heavy atom. The van der Waals surface area contributed by atoms with E-state index < -0.39 is 0 Å². The van der Waals surface area contributed by atoms with Gasteiger partial charge in [-0.25, -0.2) is 4.98 Å². The van der Waals surface area contributed by atoms with E-state index in [1.54, 1.807) is 36.1 Å². The standard InChI is InChI=1S/C25H24N2O3S/c1-15(28)16-7-9-18(10-8-16)24-26-20-13-22(30-2)21(14-23(20)31-24)27-12-11-17-5-3-4-6-19(17)25(27)29/h3-6,11-14,16,18H,7-10H2,1-2H3/t16-,18-. The average molecular weight is 433 g/mol. The number of ether oxygens (including phenoxy) is 1. The maximum Gasteiger partial charge on any atom is 0.263 e. The molecule has 2 aromatic heterocycles. The maximum atomic E-state index is 13.1. The van der Waals surface area contributed by atoms with Crippen molar-refractivity contribution in [2.45, 2.75) is 38.5 Å². The summed E-state index contributed by atoms with van der Waals surface area (Å²) in [5.41, 5.74) is 1.55. The number of aromatic nitrogens is 2. The third kappa shape index (κ3) is 3.55. The molecule has 0 radical (unpaired) electrons. The lowest BCUT2D eigenvalue weighted by Crippen LogP contribution is -2.18. The monoisotopic (exact) mass is 432 g/mol. The molecule has 2 aromatic carbocycles. The van der Waals surface area contributed by atoms with Crippen molar-refractivity contribution in [2.24, 2.45) is 5.92 Å². The van der Waals surface area contributed by atoms with Crippen molar-refractivity contribution >= 4 is 38.1 Å². The van der Waals surface area contributed by atoms with Gasteiger partial charge in [-0.05, 0) is 56.2 Å². The fourth-order valence-electron chi connectivity index (χ4n) is 4.61. The van der Waals surface area contributed by atoms with Crippen molar-refractivity contribution in [2.75, 3.05) is 7.11 Å². The molecule has 0 amide bonds. The Balaban J connectivity index is 1.55. The van der Waals surface area contributed by atoms with E-state index in [4.69, 9.17) is 9.72 Å². The first-order valence-corrected chi connectivity index (χ1v) is 11.5. The predicted octanol–water partition coefficient (Wildman–Crippen LogP) is 5.47. The van der Waals surface area contributed by atoms with Crippen LogP contribution in [0.4, 0.5) is 0 Å². The number of ketones is 1. The van der Waals surface area contributed by atoms with Gasteiger partial charge in [-0.15, -0.1) is 11.3 Å². The second-order valence-corrected chi connectivity index (χ2v) is 9.34. The van der Waals surface area contributed by atoms with Crippen LogP contribution in [0.5, 0.6) is 5.75 Å². The van der Waals surface area contributed by atoms with E-state index in [1.807, 2.05) is 42.5 Å². The first-order valence-electron chi connectivity index (χ1n) is 10.6. The van der Waals surface area contributed by atoms with Crippen molar-refractivity contribution in [3.05, 3.63) is 64.0 Å². The molecule has 0 saturated heterocycles. The maximum absolute atomic E-state index is 13.1. The molecule has 1 aliphatic carbocycles. The summed E-state index contributed by atoms with van der Waals surface area (Å²) in [6.45, 7) is 1.70. The molecular formula is C25H24N2O3S. The number of benzene rings is 2. The Kier molecular flexibility index (Phi) is 5.10. The minimum absolute atomic E-state index is 0.0666. The molecule has 2 heterocycles. The molecule has 1 fully saturated rings. The van der Waals surface area contributed by atoms with Gasteiger partial charge in [0, 0.05) is 29.5 Å². The van der Waals surface area contributed by atoms with E-state index in [1.165, 1.54) is 0 Å². The highest BCUT2D eigenvalue weighted by atomic mass is 32.1. The van der Waals surface area contributed by atoms with Gasteiger partial charge in [0.05, 0.1) is 28.0 Å². The summed E-state index contributed by atoms with van der Waals surface area (Å²) in [6, 6.07) is 13.5. The second-order valence-electron chi connectivity index (χ2n) is 8.28. The number of nitrogens with zero attached hydrogens (tertiary/aromatic N) is 2. The van der Waals surface area contributed by atoms with Crippen LogP contribution in [0.15, 0.2) is 53.5 Å². The molecule has 1 saturated carbocycles. The summed E-state index contributed by atoms with van der Waals surface area (Å²) in [5, 5.41) is 2.71. The molecule has 0 atom stereocenters. The highest BCUT2D eigenvalue weighted by Crippen LogP contribution is 2.40. The second kappa shape index (κ2) is 7.93. The van der Waals surface area contributed by atoms with Gasteiger partial charge in [0.1, 0.15) is 11.5 Å². The number of hydrogen-bond acceptors (Lipinski definition) is 5. The summed E-state index contributed by atoms with van der Waals surface area (Å²) in [5.74, 6) is 1.53. The van der Waals surface area contributed by atoms with Crippen LogP contribution in [-0.2, 0) is 4.79 Å². The molecule has 0 unspecified atom stereocenters. The molecule has 0 N–H and O–H groups in total. The van der Waals surface area contributed by atoms with Crippen molar-refractivity contribution in [3.63, 3.8) is 0 Å². The predicted molar refractivity (Wildman–Crippen MR) is 125 cm³/mol. The van der Waals surface area contributed by atoms with E-state index in [2.05, 4.69) is 0 Å². The van der Waals surface area contributed by atoms with Gasteiger partial charge in [0.15, 0.2) is 0 Å². The quantitative estimate of drug-likeness (QED) is 0.429. The van der Waals surface area contributed by atoms with Gasteiger partial charge in [-0.1, -0.05) is 18.2 Å². The van der Waals surface area contributed by atoms with Gasteiger partial charge in [-0.2, -0.15) is 0 Å². The lowest BCUT2D eigenvalue weighted by Gasteiger charge is -2.25. The minimum Gasteiger partial charge on any atom is -0.494 e. The van der Waals surface area contributed by atoms with Gasteiger partial charge in [0.25, 0.3) is 5.56 Å². The fraction of sp³-hybridized carbons (Fsp3) is 0.320. The van der Waals surface area contributed by atoms with Crippen molar-refractivity contribution in [1.29, 1.82) is 0 Å². The number of methoxy groups -OCH3 is 1. The van der Waals surface area contributed by atoms with Gasteiger partial charge in [0.2, 0.25) is 0 Å². The van der Waals surface area contributed by atoms with E-state index >= 15 is 0 Å². The zero-order valence-electron chi connectivity index (χ0n) is 17.6. The lowest BCUT2D eigenvalue weighted by molar-refractivity contribution is -0.121. The Hall–Kier alpha value is -2.99. The number of carbonyl (C=O) groups is 1. The Morgan fingerprint density at radius 3 is 2.65 bits per heavy atom. The summed E-state index contributed by atoms with van der Waals surface area (Å²) in [7, 11) is 1.62.